The molecule has 4 rings (SSSR count). The summed E-state index contributed by atoms with van der Waals surface area (Å²) in [6.07, 6.45) is 0. The third-order valence-corrected chi connectivity index (χ3v) is 4.82. The normalized spacial score (nSPS) is 16.8. The number of morpholine rings is 1. The van der Waals surface area contributed by atoms with E-state index in [4.69, 9.17) is 9.15 Å². The predicted molar refractivity (Wildman–Crippen MR) is 97.4 cm³/mol. The smallest absolute Gasteiger partial charge is 0.328 e. The fourth-order valence-electron chi connectivity index (χ4n) is 3.44. The molecule has 0 spiro atoms. The Labute approximate surface area is 149 Å². The molecule has 3 aromatic rings. The molecular weight excluding hydrogens is 334 g/mol. The Morgan fingerprint density at radius 3 is 2.62 bits per heavy atom. The van der Waals surface area contributed by atoms with Crippen LogP contribution in [0.2, 0.25) is 0 Å². The van der Waals surface area contributed by atoms with Crippen molar-refractivity contribution in [3.8, 4) is 0 Å². The van der Waals surface area contributed by atoms with Crippen LogP contribution in [0.5, 0.6) is 0 Å². The van der Waals surface area contributed by atoms with E-state index in [-0.39, 0.29) is 18.1 Å². The van der Waals surface area contributed by atoms with Gasteiger partial charge in [0.2, 0.25) is 0 Å². The Kier molecular flexibility index (Phi) is 4.48. The first kappa shape index (κ1) is 16.8. The van der Waals surface area contributed by atoms with Gasteiger partial charge >= 0.3 is 5.69 Å². The van der Waals surface area contributed by atoms with Gasteiger partial charge in [0, 0.05) is 13.1 Å². The minimum Gasteiger partial charge on any atom is -0.465 e. The molecule has 136 valence electrons. The third-order valence-electron chi connectivity index (χ3n) is 4.82. The van der Waals surface area contributed by atoms with Gasteiger partial charge in [-0.3, -0.25) is 14.3 Å². The lowest BCUT2D eigenvalue weighted by molar-refractivity contribution is 0.00689. The minimum absolute atomic E-state index is 0.201. The second kappa shape index (κ2) is 6.93. The minimum atomic E-state index is -0.407. The van der Waals surface area contributed by atoms with E-state index in [9.17, 15) is 9.59 Å². The summed E-state index contributed by atoms with van der Waals surface area (Å²) >= 11 is 0. The van der Waals surface area contributed by atoms with Crippen molar-refractivity contribution in [1.82, 2.24) is 14.5 Å². The highest BCUT2D eigenvalue weighted by molar-refractivity contribution is 5.76. The molecule has 0 bridgehead atoms. The van der Waals surface area contributed by atoms with Crippen LogP contribution in [-0.4, -0.2) is 40.8 Å². The van der Waals surface area contributed by atoms with Crippen LogP contribution in [0.15, 0.2) is 50.4 Å². The Morgan fingerprint density at radius 1 is 1.12 bits per heavy atom. The standard InChI is InChI=1S/C19H21N3O4/c1-13-6-7-17(26-13)16(21-8-10-25-11-9-21)12-22-18(23)14-4-2-3-5-15(14)20-19(22)24/h2-7,16H,8-12H2,1H3,(H,20,24). The van der Waals surface area contributed by atoms with Gasteiger partial charge in [0.25, 0.3) is 5.56 Å². The van der Waals surface area contributed by atoms with Crippen molar-refractivity contribution >= 4 is 10.9 Å². The first-order valence-corrected chi connectivity index (χ1v) is 8.73. The maximum Gasteiger partial charge on any atom is 0.328 e. The summed E-state index contributed by atoms with van der Waals surface area (Å²) in [6.45, 7) is 4.81. The molecule has 3 heterocycles. The predicted octanol–water partition coefficient (Wildman–Crippen LogP) is 1.66. The van der Waals surface area contributed by atoms with E-state index >= 15 is 0 Å². The largest absolute Gasteiger partial charge is 0.465 e. The van der Waals surface area contributed by atoms with Crippen molar-refractivity contribution in [2.45, 2.75) is 19.5 Å². The number of para-hydroxylation sites is 1. The van der Waals surface area contributed by atoms with E-state index in [1.807, 2.05) is 19.1 Å². The molecule has 7 heteroatoms. The van der Waals surface area contributed by atoms with E-state index in [2.05, 4.69) is 9.88 Å². The summed E-state index contributed by atoms with van der Waals surface area (Å²) in [6, 6.07) is 10.7. The van der Waals surface area contributed by atoms with Gasteiger partial charge in [0.1, 0.15) is 11.5 Å². The lowest BCUT2D eigenvalue weighted by Gasteiger charge is -2.33. The average molecular weight is 355 g/mol. The third kappa shape index (κ3) is 3.11. The summed E-state index contributed by atoms with van der Waals surface area (Å²) in [5, 5.41) is 0.503. The Hall–Kier alpha value is -2.64. The number of benzene rings is 1. The molecule has 1 atom stereocenters. The van der Waals surface area contributed by atoms with Gasteiger partial charge in [-0.1, -0.05) is 12.1 Å². The zero-order valence-electron chi connectivity index (χ0n) is 14.6. The van der Waals surface area contributed by atoms with Crippen LogP contribution in [0.25, 0.3) is 10.9 Å². The van der Waals surface area contributed by atoms with E-state index in [0.717, 1.165) is 24.6 Å². The average Bonchev–Trinajstić information content (AvgIpc) is 3.08. The number of nitrogens with one attached hydrogen (secondary N) is 1. The highest BCUT2D eigenvalue weighted by Crippen LogP contribution is 2.25. The van der Waals surface area contributed by atoms with Crippen molar-refractivity contribution in [2.75, 3.05) is 26.3 Å². The number of aromatic amines is 1. The zero-order valence-corrected chi connectivity index (χ0v) is 14.6. The van der Waals surface area contributed by atoms with Gasteiger partial charge in [0.15, 0.2) is 0 Å². The van der Waals surface area contributed by atoms with Crippen molar-refractivity contribution in [2.24, 2.45) is 0 Å². The molecule has 0 amide bonds. The van der Waals surface area contributed by atoms with Gasteiger partial charge in [-0.2, -0.15) is 0 Å². The number of hydrogen-bond acceptors (Lipinski definition) is 5. The maximum absolute atomic E-state index is 12.9. The molecule has 1 aliphatic heterocycles. The number of H-pyrrole nitrogens is 1. The van der Waals surface area contributed by atoms with Gasteiger partial charge in [0.05, 0.1) is 36.7 Å². The van der Waals surface area contributed by atoms with Crippen LogP contribution in [-0.2, 0) is 11.3 Å². The van der Waals surface area contributed by atoms with Crippen LogP contribution >= 0.6 is 0 Å². The lowest BCUT2D eigenvalue weighted by atomic mass is 10.1. The molecule has 0 radical (unpaired) electrons. The van der Waals surface area contributed by atoms with Gasteiger partial charge in [-0.15, -0.1) is 0 Å². The van der Waals surface area contributed by atoms with E-state index < -0.39 is 5.69 Å². The topological polar surface area (TPSA) is 80.5 Å². The molecule has 2 aromatic heterocycles. The fraction of sp³-hybridized carbons (Fsp3) is 0.368. The van der Waals surface area contributed by atoms with Crippen molar-refractivity contribution in [1.29, 1.82) is 0 Å². The fourth-order valence-corrected chi connectivity index (χ4v) is 3.44. The summed E-state index contributed by atoms with van der Waals surface area (Å²) in [5.74, 6) is 1.56. The quantitative estimate of drug-likeness (QED) is 0.770. The summed E-state index contributed by atoms with van der Waals surface area (Å²) < 4.78 is 12.5. The molecule has 1 fully saturated rings. The molecule has 0 saturated carbocycles. The number of furan rings is 1. The van der Waals surface area contributed by atoms with E-state index in [1.54, 1.807) is 24.3 Å². The van der Waals surface area contributed by atoms with Gasteiger partial charge in [-0.05, 0) is 31.2 Å². The molecule has 26 heavy (non-hydrogen) atoms. The molecule has 7 nitrogen and oxygen atoms in total. The van der Waals surface area contributed by atoms with Crippen LogP contribution in [0, 0.1) is 6.92 Å². The summed E-state index contributed by atoms with van der Waals surface area (Å²) in [7, 11) is 0. The number of rotatable bonds is 4. The number of fused-ring (bicyclic) bond motifs is 1. The van der Waals surface area contributed by atoms with Crippen LogP contribution in [0.3, 0.4) is 0 Å². The second-order valence-electron chi connectivity index (χ2n) is 6.50. The molecule has 1 saturated heterocycles. The highest BCUT2D eigenvalue weighted by atomic mass is 16.5. The van der Waals surface area contributed by atoms with Crippen LogP contribution in [0.1, 0.15) is 17.6 Å². The number of hydrogen-bond donors (Lipinski definition) is 1. The highest BCUT2D eigenvalue weighted by Gasteiger charge is 2.27. The van der Waals surface area contributed by atoms with Crippen molar-refractivity contribution < 1.29 is 9.15 Å². The van der Waals surface area contributed by atoms with Crippen molar-refractivity contribution in [3.05, 3.63) is 68.8 Å². The SMILES string of the molecule is Cc1ccc(C(Cn2c(=O)[nH]c3ccccc3c2=O)N2CCOCC2)o1. The monoisotopic (exact) mass is 355 g/mol. The Morgan fingerprint density at radius 2 is 1.88 bits per heavy atom. The molecule has 1 aliphatic rings. The molecule has 1 N–H and O–H groups in total. The van der Waals surface area contributed by atoms with Crippen LogP contribution < -0.4 is 11.2 Å². The van der Waals surface area contributed by atoms with Crippen LogP contribution in [0.4, 0.5) is 0 Å². The van der Waals surface area contributed by atoms with Gasteiger partial charge in [-0.25, -0.2) is 4.79 Å². The van der Waals surface area contributed by atoms with Crippen molar-refractivity contribution in [3.63, 3.8) is 0 Å². The first-order chi connectivity index (χ1) is 12.6. The number of nitrogens with zero attached hydrogens (tertiary/aromatic N) is 2. The zero-order chi connectivity index (χ0) is 18.1. The number of aromatic nitrogens is 2. The maximum atomic E-state index is 12.9. The summed E-state index contributed by atoms with van der Waals surface area (Å²) in [4.78, 5) is 30.4. The lowest BCUT2D eigenvalue weighted by Crippen LogP contribution is -2.44. The first-order valence-electron chi connectivity index (χ1n) is 8.73. The van der Waals surface area contributed by atoms with E-state index in [1.165, 1.54) is 4.57 Å². The Bertz CT molecular complexity index is 1030. The molecule has 0 aliphatic carbocycles. The van der Waals surface area contributed by atoms with Gasteiger partial charge < -0.3 is 14.1 Å². The molecule has 1 unspecified atom stereocenters. The Balaban J connectivity index is 1.77. The number of ether oxygens (including phenoxy) is 1. The number of aryl methyl sites for hydroxylation is 1. The molecule has 1 aromatic carbocycles. The van der Waals surface area contributed by atoms with E-state index in [0.29, 0.717) is 24.1 Å². The second-order valence-corrected chi connectivity index (χ2v) is 6.50. The molecular formula is C19H21N3O4. The summed E-state index contributed by atoms with van der Waals surface area (Å²) in [5.41, 5.74) is -0.142.